The van der Waals surface area contributed by atoms with Gasteiger partial charge in [-0.15, -0.1) is 5.10 Å². The van der Waals surface area contributed by atoms with Gasteiger partial charge in [-0.25, -0.2) is 4.98 Å². The number of nitrogens with zero attached hydrogens (tertiary/aromatic N) is 3. The number of aromatic amines is 1. The molecule has 2 unspecified atom stereocenters. The lowest BCUT2D eigenvalue weighted by molar-refractivity contribution is 0.0736. The summed E-state index contributed by atoms with van der Waals surface area (Å²) in [6.07, 6.45) is 3.44. The van der Waals surface area contributed by atoms with Crippen LogP contribution in [0.25, 0.3) is 0 Å². The van der Waals surface area contributed by atoms with Gasteiger partial charge in [-0.3, -0.25) is 9.89 Å². The molecule has 0 aliphatic carbocycles. The molecule has 3 heterocycles. The minimum atomic E-state index is -0.0440. The standard InChI is InChI=1S/C13H21N5O/c1-8(2)11-15-12(17-16-11)13(19)18-6-5-9-3-4-10(7-18)14-9/h8-10,14H,3-7H2,1-2H3,(H,15,16,17). The highest BCUT2D eigenvalue weighted by molar-refractivity contribution is 5.90. The maximum atomic E-state index is 12.4. The first-order chi connectivity index (χ1) is 9.13. The van der Waals surface area contributed by atoms with E-state index < -0.39 is 0 Å². The van der Waals surface area contributed by atoms with Crippen molar-refractivity contribution in [2.24, 2.45) is 0 Å². The Kier molecular flexibility index (Phi) is 3.26. The van der Waals surface area contributed by atoms with Crippen LogP contribution in [0.3, 0.4) is 0 Å². The first-order valence-electron chi connectivity index (χ1n) is 7.11. The van der Waals surface area contributed by atoms with Gasteiger partial charge in [-0.05, 0) is 19.3 Å². The molecule has 0 saturated carbocycles. The minimum absolute atomic E-state index is 0.0440. The lowest BCUT2D eigenvalue weighted by atomic mass is 10.1. The summed E-state index contributed by atoms with van der Waals surface area (Å²) >= 11 is 0. The molecule has 2 saturated heterocycles. The Morgan fingerprint density at radius 1 is 1.32 bits per heavy atom. The lowest BCUT2D eigenvalue weighted by Crippen LogP contribution is -2.39. The Hall–Kier alpha value is -1.43. The molecule has 2 fully saturated rings. The third-order valence-corrected chi connectivity index (χ3v) is 4.05. The molecule has 104 valence electrons. The number of aromatic nitrogens is 3. The van der Waals surface area contributed by atoms with Crippen molar-refractivity contribution in [3.8, 4) is 0 Å². The quantitative estimate of drug-likeness (QED) is 0.831. The van der Waals surface area contributed by atoms with Crippen molar-refractivity contribution in [3.05, 3.63) is 11.6 Å². The van der Waals surface area contributed by atoms with Crippen LogP contribution in [-0.2, 0) is 0 Å². The van der Waals surface area contributed by atoms with E-state index in [2.05, 4.69) is 20.5 Å². The average Bonchev–Trinajstić information content (AvgIpc) is 2.95. The molecule has 19 heavy (non-hydrogen) atoms. The van der Waals surface area contributed by atoms with E-state index in [1.807, 2.05) is 18.7 Å². The van der Waals surface area contributed by atoms with Crippen molar-refractivity contribution in [1.82, 2.24) is 25.4 Å². The van der Waals surface area contributed by atoms with Crippen LogP contribution in [-0.4, -0.2) is 51.2 Å². The molecule has 0 radical (unpaired) electrons. The van der Waals surface area contributed by atoms with E-state index in [4.69, 9.17) is 0 Å². The van der Waals surface area contributed by atoms with Crippen LogP contribution in [0.4, 0.5) is 0 Å². The summed E-state index contributed by atoms with van der Waals surface area (Å²) in [7, 11) is 0. The number of carbonyl (C=O) groups excluding carboxylic acids is 1. The van der Waals surface area contributed by atoms with E-state index in [-0.39, 0.29) is 11.8 Å². The molecule has 2 bridgehead atoms. The molecule has 1 aromatic heterocycles. The van der Waals surface area contributed by atoms with Gasteiger partial charge in [-0.1, -0.05) is 13.8 Å². The number of rotatable bonds is 2. The Bertz CT molecular complexity index is 469. The predicted molar refractivity (Wildman–Crippen MR) is 70.9 cm³/mol. The molecule has 2 atom stereocenters. The highest BCUT2D eigenvalue weighted by Crippen LogP contribution is 2.21. The van der Waals surface area contributed by atoms with E-state index in [1.54, 1.807) is 0 Å². The van der Waals surface area contributed by atoms with Crippen LogP contribution >= 0.6 is 0 Å². The molecule has 6 heteroatoms. The van der Waals surface area contributed by atoms with Crippen LogP contribution < -0.4 is 5.32 Å². The highest BCUT2D eigenvalue weighted by Gasteiger charge is 2.32. The van der Waals surface area contributed by atoms with Gasteiger partial charge in [0.1, 0.15) is 5.82 Å². The Morgan fingerprint density at radius 2 is 2.11 bits per heavy atom. The largest absolute Gasteiger partial charge is 0.334 e. The number of likely N-dealkylation sites (tertiary alicyclic amines) is 1. The van der Waals surface area contributed by atoms with E-state index in [0.717, 1.165) is 25.3 Å². The average molecular weight is 263 g/mol. The molecule has 3 rings (SSSR count). The van der Waals surface area contributed by atoms with E-state index >= 15 is 0 Å². The Morgan fingerprint density at radius 3 is 2.84 bits per heavy atom. The molecule has 2 aliphatic heterocycles. The molecular weight excluding hydrogens is 242 g/mol. The van der Waals surface area contributed by atoms with Crippen LogP contribution in [0.1, 0.15) is 55.5 Å². The fourth-order valence-corrected chi connectivity index (χ4v) is 2.90. The first kappa shape index (κ1) is 12.6. The maximum absolute atomic E-state index is 12.4. The first-order valence-corrected chi connectivity index (χ1v) is 7.11. The minimum Gasteiger partial charge on any atom is -0.334 e. The van der Waals surface area contributed by atoms with E-state index in [0.29, 0.717) is 17.9 Å². The van der Waals surface area contributed by atoms with Gasteiger partial charge in [0.15, 0.2) is 0 Å². The summed E-state index contributed by atoms with van der Waals surface area (Å²) in [5.41, 5.74) is 0. The number of nitrogens with one attached hydrogen (secondary N) is 2. The van der Waals surface area contributed by atoms with Crippen molar-refractivity contribution in [2.45, 2.75) is 51.1 Å². The van der Waals surface area contributed by atoms with Crippen LogP contribution in [0.15, 0.2) is 0 Å². The lowest BCUT2D eigenvalue weighted by Gasteiger charge is -2.22. The molecule has 2 aliphatic rings. The summed E-state index contributed by atoms with van der Waals surface area (Å²) in [5.74, 6) is 1.30. The number of hydrogen-bond acceptors (Lipinski definition) is 4. The van der Waals surface area contributed by atoms with Crippen molar-refractivity contribution < 1.29 is 4.79 Å². The van der Waals surface area contributed by atoms with Gasteiger partial charge in [0.05, 0.1) is 0 Å². The van der Waals surface area contributed by atoms with Crippen LogP contribution in [0.2, 0.25) is 0 Å². The molecule has 6 nitrogen and oxygen atoms in total. The number of hydrogen-bond donors (Lipinski definition) is 2. The van der Waals surface area contributed by atoms with E-state index in [9.17, 15) is 4.79 Å². The zero-order valence-electron chi connectivity index (χ0n) is 11.5. The number of H-pyrrole nitrogens is 1. The third-order valence-electron chi connectivity index (χ3n) is 4.05. The SMILES string of the molecule is CC(C)c1nc(C(=O)N2CCC3CCC(C2)N3)n[nH]1. The fraction of sp³-hybridized carbons (Fsp3) is 0.769. The van der Waals surface area contributed by atoms with Gasteiger partial charge >= 0.3 is 0 Å². The Labute approximate surface area is 113 Å². The van der Waals surface area contributed by atoms with Crippen molar-refractivity contribution >= 4 is 5.91 Å². The summed E-state index contributed by atoms with van der Waals surface area (Å²) in [6.45, 7) is 5.65. The van der Waals surface area contributed by atoms with Crippen molar-refractivity contribution in [2.75, 3.05) is 13.1 Å². The summed E-state index contributed by atoms with van der Waals surface area (Å²) < 4.78 is 0. The molecule has 2 N–H and O–H groups in total. The predicted octanol–water partition coefficient (Wildman–Crippen LogP) is 0.895. The molecule has 0 spiro atoms. The second-order valence-corrected chi connectivity index (χ2v) is 5.88. The fourth-order valence-electron chi connectivity index (χ4n) is 2.90. The summed E-state index contributed by atoms with van der Waals surface area (Å²) in [4.78, 5) is 18.6. The molecule has 0 aromatic carbocycles. The molecule has 1 aromatic rings. The highest BCUT2D eigenvalue weighted by atomic mass is 16.2. The smallest absolute Gasteiger partial charge is 0.293 e. The van der Waals surface area contributed by atoms with Crippen LogP contribution in [0, 0.1) is 0 Å². The van der Waals surface area contributed by atoms with Gasteiger partial charge in [0.25, 0.3) is 5.91 Å². The van der Waals surface area contributed by atoms with Gasteiger partial charge in [0.2, 0.25) is 5.82 Å². The van der Waals surface area contributed by atoms with Gasteiger partial charge < -0.3 is 10.2 Å². The monoisotopic (exact) mass is 263 g/mol. The number of amides is 1. The topological polar surface area (TPSA) is 73.9 Å². The number of fused-ring (bicyclic) bond motifs is 2. The second kappa shape index (κ2) is 4.92. The number of carbonyl (C=O) groups is 1. The molecular formula is C13H21N5O. The Balaban J connectivity index is 1.72. The van der Waals surface area contributed by atoms with Gasteiger partial charge in [0, 0.05) is 31.1 Å². The maximum Gasteiger partial charge on any atom is 0.293 e. The second-order valence-electron chi connectivity index (χ2n) is 5.88. The van der Waals surface area contributed by atoms with Gasteiger partial charge in [-0.2, -0.15) is 0 Å². The van der Waals surface area contributed by atoms with Crippen molar-refractivity contribution in [1.29, 1.82) is 0 Å². The zero-order chi connectivity index (χ0) is 13.4. The normalized spacial score (nSPS) is 26.8. The zero-order valence-corrected chi connectivity index (χ0v) is 11.5. The summed E-state index contributed by atoms with van der Waals surface area (Å²) in [6, 6.07) is 1.03. The van der Waals surface area contributed by atoms with Crippen LogP contribution in [0.5, 0.6) is 0 Å². The van der Waals surface area contributed by atoms with Crippen molar-refractivity contribution in [3.63, 3.8) is 0 Å². The summed E-state index contributed by atoms with van der Waals surface area (Å²) in [5, 5.41) is 10.5. The van der Waals surface area contributed by atoms with E-state index in [1.165, 1.54) is 12.8 Å². The third kappa shape index (κ3) is 2.49. The molecule has 1 amide bonds.